The summed E-state index contributed by atoms with van der Waals surface area (Å²) in [5.74, 6) is -2.94. The topological polar surface area (TPSA) is 76.6 Å². The van der Waals surface area contributed by atoms with Crippen molar-refractivity contribution in [1.29, 1.82) is 0 Å². The van der Waals surface area contributed by atoms with Gasteiger partial charge in [-0.2, -0.15) is 0 Å². The maximum atomic E-state index is 13.3. The Morgan fingerprint density at radius 1 is 1.15 bits per heavy atom. The molecule has 2 aliphatic heterocycles. The number of aromatic nitrogens is 1. The number of pyridine rings is 1. The minimum atomic E-state index is -2.60. The summed E-state index contributed by atoms with van der Waals surface area (Å²) >= 11 is 0. The van der Waals surface area contributed by atoms with E-state index in [1.807, 2.05) is 4.90 Å². The third-order valence-corrected chi connectivity index (χ3v) is 5.60. The first-order valence-corrected chi connectivity index (χ1v) is 9.49. The molecular formula is C19H27F2N3O3. The standard InChI is InChI=1S/C19H27F2N3O3/c1-14-3-4-15(16(25)22-14)17(26)24-9-2-5-18(27,6-12-24)13-23-10-7-19(20,21)8-11-23/h3-4,27H,2,5-13H2,1H3,(H,22,25)/t18-/m1/s1. The first kappa shape index (κ1) is 19.9. The van der Waals surface area contributed by atoms with Crippen molar-refractivity contribution in [1.82, 2.24) is 14.8 Å². The van der Waals surface area contributed by atoms with Crippen molar-refractivity contribution < 1.29 is 18.7 Å². The second-order valence-electron chi connectivity index (χ2n) is 7.89. The fraction of sp³-hybridized carbons (Fsp3) is 0.684. The van der Waals surface area contributed by atoms with Gasteiger partial charge in [0.25, 0.3) is 17.4 Å². The van der Waals surface area contributed by atoms with Crippen LogP contribution in [0.1, 0.15) is 48.2 Å². The molecule has 0 aromatic carbocycles. The van der Waals surface area contributed by atoms with Gasteiger partial charge in [0, 0.05) is 51.3 Å². The van der Waals surface area contributed by atoms with Crippen molar-refractivity contribution in [2.75, 3.05) is 32.7 Å². The van der Waals surface area contributed by atoms with Crippen LogP contribution in [0.25, 0.3) is 0 Å². The number of alkyl halides is 2. The third kappa shape index (κ3) is 4.93. The van der Waals surface area contributed by atoms with E-state index in [2.05, 4.69) is 4.98 Å². The second kappa shape index (κ2) is 7.67. The van der Waals surface area contributed by atoms with E-state index in [-0.39, 0.29) is 37.4 Å². The molecule has 2 fully saturated rings. The molecule has 0 aliphatic carbocycles. The Bertz CT molecular complexity index is 742. The number of piperidine rings is 1. The van der Waals surface area contributed by atoms with E-state index >= 15 is 0 Å². The smallest absolute Gasteiger partial charge is 0.260 e. The number of aliphatic hydroxyl groups is 1. The number of likely N-dealkylation sites (tertiary alicyclic amines) is 2. The lowest BCUT2D eigenvalue weighted by Gasteiger charge is -2.37. The molecule has 0 unspecified atom stereocenters. The number of hydrogen-bond donors (Lipinski definition) is 2. The molecule has 1 aromatic heterocycles. The SMILES string of the molecule is Cc1ccc(C(=O)N2CCC[C@](O)(CN3CCC(F)(F)CC3)CC2)c(=O)[nH]1. The van der Waals surface area contributed by atoms with Crippen LogP contribution in [-0.4, -0.2) is 70.0 Å². The van der Waals surface area contributed by atoms with Gasteiger partial charge < -0.3 is 19.9 Å². The minimum Gasteiger partial charge on any atom is -0.388 e. The highest BCUT2D eigenvalue weighted by Gasteiger charge is 2.38. The minimum absolute atomic E-state index is 0.101. The van der Waals surface area contributed by atoms with Gasteiger partial charge in [-0.25, -0.2) is 8.78 Å². The van der Waals surface area contributed by atoms with Crippen LogP contribution in [0, 0.1) is 6.92 Å². The van der Waals surface area contributed by atoms with Crippen LogP contribution in [0.15, 0.2) is 16.9 Å². The molecule has 1 atom stereocenters. The number of nitrogens with one attached hydrogen (secondary N) is 1. The van der Waals surface area contributed by atoms with Crippen molar-refractivity contribution >= 4 is 5.91 Å². The summed E-state index contributed by atoms with van der Waals surface area (Å²) in [6, 6.07) is 3.22. The highest BCUT2D eigenvalue weighted by molar-refractivity contribution is 5.93. The molecule has 2 saturated heterocycles. The van der Waals surface area contributed by atoms with Crippen molar-refractivity contribution in [2.45, 2.75) is 50.6 Å². The Morgan fingerprint density at radius 3 is 2.52 bits per heavy atom. The van der Waals surface area contributed by atoms with Crippen LogP contribution in [0.3, 0.4) is 0 Å². The molecule has 2 N–H and O–H groups in total. The van der Waals surface area contributed by atoms with Crippen molar-refractivity contribution in [2.24, 2.45) is 0 Å². The number of halogens is 2. The first-order valence-electron chi connectivity index (χ1n) is 9.49. The number of carbonyl (C=O) groups is 1. The van der Waals surface area contributed by atoms with Crippen LogP contribution in [-0.2, 0) is 0 Å². The summed E-state index contributed by atoms with van der Waals surface area (Å²) < 4.78 is 26.6. The Hall–Kier alpha value is -1.80. The zero-order valence-corrected chi connectivity index (χ0v) is 15.6. The average Bonchev–Trinajstić information content (AvgIpc) is 2.78. The third-order valence-electron chi connectivity index (χ3n) is 5.60. The summed E-state index contributed by atoms with van der Waals surface area (Å²) in [5, 5.41) is 11.0. The summed E-state index contributed by atoms with van der Waals surface area (Å²) in [5.41, 5.74) is -0.617. The molecule has 27 heavy (non-hydrogen) atoms. The number of amides is 1. The largest absolute Gasteiger partial charge is 0.388 e. The zero-order valence-electron chi connectivity index (χ0n) is 15.6. The van der Waals surface area contributed by atoms with Gasteiger partial charge in [0.05, 0.1) is 5.60 Å². The normalized spacial score (nSPS) is 26.6. The number of hydrogen-bond acceptors (Lipinski definition) is 4. The molecule has 6 nitrogen and oxygen atoms in total. The Kier molecular flexibility index (Phi) is 5.67. The van der Waals surface area contributed by atoms with Gasteiger partial charge in [0.2, 0.25) is 0 Å². The fourth-order valence-electron chi connectivity index (χ4n) is 3.91. The van der Waals surface area contributed by atoms with E-state index in [1.54, 1.807) is 17.9 Å². The highest BCUT2D eigenvalue weighted by Crippen LogP contribution is 2.30. The number of H-pyrrole nitrogens is 1. The predicted molar refractivity (Wildman–Crippen MR) is 97.1 cm³/mol. The molecule has 8 heteroatoms. The Morgan fingerprint density at radius 2 is 1.85 bits per heavy atom. The molecule has 150 valence electrons. The summed E-state index contributed by atoms with van der Waals surface area (Å²) in [6.45, 7) is 3.45. The number of nitrogens with zero attached hydrogens (tertiary/aromatic N) is 2. The van der Waals surface area contributed by atoms with Gasteiger partial charge in [-0.15, -0.1) is 0 Å². The maximum absolute atomic E-state index is 13.3. The molecule has 2 aliphatic rings. The van der Waals surface area contributed by atoms with Gasteiger partial charge >= 0.3 is 0 Å². The second-order valence-corrected chi connectivity index (χ2v) is 7.89. The lowest BCUT2D eigenvalue weighted by Crippen LogP contribution is -2.48. The monoisotopic (exact) mass is 383 g/mol. The molecule has 3 heterocycles. The van der Waals surface area contributed by atoms with Gasteiger partial charge in [0.1, 0.15) is 5.56 Å². The Balaban J connectivity index is 1.61. The molecule has 3 rings (SSSR count). The molecule has 1 amide bonds. The van der Waals surface area contributed by atoms with Crippen molar-refractivity contribution in [3.05, 3.63) is 33.7 Å². The molecule has 0 radical (unpaired) electrons. The summed E-state index contributed by atoms with van der Waals surface area (Å²) in [7, 11) is 0. The van der Waals surface area contributed by atoms with E-state index in [0.29, 0.717) is 44.6 Å². The van der Waals surface area contributed by atoms with Crippen LogP contribution in [0.5, 0.6) is 0 Å². The van der Waals surface area contributed by atoms with Crippen molar-refractivity contribution in [3.8, 4) is 0 Å². The van der Waals surface area contributed by atoms with Gasteiger partial charge in [-0.1, -0.05) is 0 Å². The van der Waals surface area contributed by atoms with E-state index in [4.69, 9.17) is 0 Å². The zero-order chi connectivity index (χ0) is 19.7. The first-order chi connectivity index (χ1) is 12.7. The van der Waals surface area contributed by atoms with Crippen LogP contribution in [0.4, 0.5) is 8.78 Å². The van der Waals surface area contributed by atoms with Gasteiger partial charge in [0.15, 0.2) is 0 Å². The summed E-state index contributed by atoms with van der Waals surface area (Å²) in [4.78, 5) is 30.8. The van der Waals surface area contributed by atoms with Crippen LogP contribution < -0.4 is 5.56 Å². The van der Waals surface area contributed by atoms with Gasteiger partial charge in [-0.3, -0.25) is 9.59 Å². The van der Waals surface area contributed by atoms with Crippen LogP contribution >= 0.6 is 0 Å². The predicted octanol–water partition coefficient (Wildman–Crippen LogP) is 1.77. The number of rotatable bonds is 3. The number of carbonyl (C=O) groups excluding carboxylic acids is 1. The summed E-state index contributed by atoms with van der Waals surface area (Å²) in [6.07, 6.45) is 1.13. The van der Waals surface area contributed by atoms with E-state index in [1.165, 1.54) is 6.07 Å². The van der Waals surface area contributed by atoms with Crippen LogP contribution in [0.2, 0.25) is 0 Å². The lowest BCUT2D eigenvalue weighted by atomic mass is 9.93. The molecule has 1 aromatic rings. The molecular weight excluding hydrogens is 356 g/mol. The molecule has 0 spiro atoms. The average molecular weight is 383 g/mol. The maximum Gasteiger partial charge on any atom is 0.260 e. The molecule has 0 bridgehead atoms. The number of aryl methyl sites for hydroxylation is 1. The van der Waals surface area contributed by atoms with Crippen molar-refractivity contribution in [3.63, 3.8) is 0 Å². The van der Waals surface area contributed by atoms with E-state index in [9.17, 15) is 23.5 Å². The number of β-amino-alcohol motifs (C(OH)–C–C–N with tert-alkyl or cyclic N) is 1. The Labute approximate surface area is 157 Å². The van der Waals surface area contributed by atoms with E-state index < -0.39 is 17.1 Å². The van der Waals surface area contributed by atoms with E-state index in [0.717, 1.165) is 0 Å². The highest BCUT2D eigenvalue weighted by atomic mass is 19.3. The quantitative estimate of drug-likeness (QED) is 0.834. The molecule has 0 saturated carbocycles. The number of aromatic amines is 1. The van der Waals surface area contributed by atoms with Gasteiger partial charge in [-0.05, 0) is 38.3 Å². The fourth-order valence-corrected chi connectivity index (χ4v) is 3.91. The lowest BCUT2D eigenvalue weighted by molar-refractivity contribution is -0.0768.